The number of anilines is 1. The van der Waals surface area contributed by atoms with Gasteiger partial charge in [-0.1, -0.05) is 30.3 Å². The molecule has 2 aromatic heterocycles. The van der Waals surface area contributed by atoms with Crippen molar-refractivity contribution < 1.29 is 14.7 Å². The zero-order valence-electron chi connectivity index (χ0n) is 20.7. The van der Waals surface area contributed by atoms with Crippen LogP contribution in [0.2, 0.25) is 0 Å². The minimum atomic E-state index is -0.786. The Bertz CT molecular complexity index is 1230. The van der Waals surface area contributed by atoms with Crippen LogP contribution >= 0.6 is 0 Å². The predicted molar refractivity (Wildman–Crippen MR) is 140 cm³/mol. The number of hydrogen-bond donors (Lipinski definition) is 2. The van der Waals surface area contributed by atoms with E-state index in [4.69, 9.17) is 4.98 Å². The first-order valence-corrected chi connectivity index (χ1v) is 13.1. The largest absolute Gasteiger partial charge is 0.481 e. The second-order valence-corrected chi connectivity index (χ2v) is 10.1. The first-order valence-electron chi connectivity index (χ1n) is 13.1. The number of rotatable bonds is 8. The standard InChI is InChI=1S/C29H34N4O3/c34-27(10-9-24-8-7-21-5-3-13-31-29(21)32-24)33-14-11-20(12-15-33)16-23(17-28(35)36)26-19-30-18-22-4-1-2-6-25(22)26/h1-2,4,6-8,18-20,23H,3,5,9-17H2,(H,31,32)(H,35,36). The summed E-state index contributed by atoms with van der Waals surface area (Å²) in [6.07, 6.45) is 9.69. The van der Waals surface area contributed by atoms with Gasteiger partial charge in [0.25, 0.3) is 0 Å². The third-order valence-electron chi connectivity index (χ3n) is 7.69. The van der Waals surface area contributed by atoms with Gasteiger partial charge in [0.1, 0.15) is 5.82 Å². The van der Waals surface area contributed by atoms with Crippen molar-refractivity contribution in [2.45, 2.75) is 57.3 Å². The van der Waals surface area contributed by atoms with Crippen LogP contribution in [0.3, 0.4) is 0 Å². The summed E-state index contributed by atoms with van der Waals surface area (Å²) in [5, 5.41) is 15.1. The van der Waals surface area contributed by atoms with Crippen LogP contribution in [0.5, 0.6) is 0 Å². The maximum atomic E-state index is 12.9. The molecule has 1 saturated heterocycles. The number of aliphatic carboxylic acids is 1. The number of amides is 1. The number of carboxylic acid groups (broad SMARTS) is 1. The Balaban J connectivity index is 1.16. The zero-order valence-corrected chi connectivity index (χ0v) is 20.7. The summed E-state index contributed by atoms with van der Waals surface area (Å²) in [5.41, 5.74) is 3.24. The summed E-state index contributed by atoms with van der Waals surface area (Å²) >= 11 is 0. The molecular formula is C29H34N4O3. The van der Waals surface area contributed by atoms with Gasteiger partial charge in [-0.05, 0) is 72.9 Å². The van der Waals surface area contributed by atoms with E-state index in [1.165, 1.54) is 5.56 Å². The molecule has 1 aromatic carbocycles. The van der Waals surface area contributed by atoms with E-state index in [2.05, 4.69) is 28.5 Å². The SMILES string of the molecule is O=C(O)CC(CC1CCN(C(=O)CCc2ccc3c(n2)NCCC3)CC1)c1cncc2ccccc12. The minimum Gasteiger partial charge on any atom is -0.481 e. The Kier molecular flexibility index (Phi) is 7.44. The summed E-state index contributed by atoms with van der Waals surface area (Å²) in [4.78, 5) is 35.7. The lowest BCUT2D eigenvalue weighted by Gasteiger charge is -2.34. The molecule has 7 nitrogen and oxygen atoms in total. The van der Waals surface area contributed by atoms with Gasteiger partial charge in [0.15, 0.2) is 0 Å². The summed E-state index contributed by atoms with van der Waals surface area (Å²) in [6, 6.07) is 12.2. The van der Waals surface area contributed by atoms with E-state index in [9.17, 15) is 14.7 Å². The highest BCUT2D eigenvalue weighted by molar-refractivity contribution is 5.85. The van der Waals surface area contributed by atoms with Gasteiger partial charge in [0, 0.05) is 49.5 Å². The number of likely N-dealkylation sites (tertiary alicyclic amines) is 1. The van der Waals surface area contributed by atoms with E-state index in [0.717, 1.165) is 79.6 Å². The molecule has 0 aliphatic carbocycles. The Morgan fingerprint density at radius 2 is 1.94 bits per heavy atom. The third-order valence-corrected chi connectivity index (χ3v) is 7.69. The number of piperidine rings is 1. The molecule has 5 rings (SSSR count). The first-order chi connectivity index (χ1) is 17.6. The molecule has 188 valence electrons. The number of aromatic nitrogens is 2. The lowest BCUT2D eigenvalue weighted by Crippen LogP contribution is -2.39. The number of pyridine rings is 2. The van der Waals surface area contributed by atoms with Crippen LogP contribution < -0.4 is 5.32 Å². The second-order valence-electron chi connectivity index (χ2n) is 10.1. The van der Waals surface area contributed by atoms with Gasteiger partial charge in [0.2, 0.25) is 5.91 Å². The molecule has 1 atom stereocenters. The van der Waals surface area contributed by atoms with E-state index >= 15 is 0 Å². The lowest BCUT2D eigenvalue weighted by molar-refractivity contribution is -0.137. The van der Waals surface area contributed by atoms with Crippen LogP contribution in [0.1, 0.15) is 61.3 Å². The molecule has 36 heavy (non-hydrogen) atoms. The third kappa shape index (κ3) is 5.66. The second kappa shape index (κ2) is 11.1. The van der Waals surface area contributed by atoms with E-state index in [-0.39, 0.29) is 18.2 Å². The highest BCUT2D eigenvalue weighted by Crippen LogP contribution is 2.35. The number of carbonyl (C=O) groups excluding carboxylic acids is 1. The van der Waals surface area contributed by atoms with Crippen molar-refractivity contribution in [3.05, 3.63) is 65.6 Å². The van der Waals surface area contributed by atoms with E-state index in [1.807, 2.05) is 35.5 Å². The Morgan fingerprint density at radius 1 is 1.11 bits per heavy atom. The molecule has 0 radical (unpaired) electrons. The Hall–Kier alpha value is -3.48. The number of carbonyl (C=O) groups is 2. The fourth-order valence-corrected chi connectivity index (χ4v) is 5.72. The summed E-state index contributed by atoms with van der Waals surface area (Å²) in [5.74, 6) is 0.680. The highest BCUT2D eigenvalue weighted by atomic mass is 16.4. The van der Waals surface area contributed by atoms with Gasteiger partial charge in [-0.2, -0.15) is 0 Å². The van der Waals surface area contributed by atoms with Crippen LogP contribution in [-0.4, -0.2) is 51.5 Å². The number of hydrogen-bond acceptors (Lipinski definition) is 5. The molecule has 4 heterocycles. The average Bonchev–Trinajstić information content (AvgIpc) is 2.91. The van der Waals surface area contributed by atoms with E-state index in [0.29, 0.717) is 18.8 Å². The van der Waals surface area contributed by atoms with Crippen LogP contribution in [0.4, 0.5) is 5.82 Å². The Labute approximate surface area is 211 Å². The van der Waals surface area contributed by atoms with Crippen LogP contribution in [0, 0.1) is 5.92 Å². The summed E-state index contributed by atoms with van der Waals surface area (Å²) < 4.78 is 0. The van der Waals surface area contributed by atoms with Gasteiger partial charge in [-0.25, -0.2) is 4.98 Å². The van der Waals surface area contributed by atoms with Crippen molar-refractivity contribution in [1.82, 2.24) is 14.9 Å². The zero-order chi connectivity index (χ0) is 24.9. The molecule has 0 saturated carbocycles. The number of carboxylic acids is 1. The van der Waals surface area contributed by atoms with Crippen molar-refractivity contribution in [2.24, 2.45) is 5.92 Å². The number of nitrogens with zero attached hydrogens (tertiary/aromatic N) is 3. The van der Waals surface area contributed by atoms with Crippen LogP contribution in [0.25, 0.3) is 10.8 Å². The number of aryl methyl sites for hydroxylation is 2. The van der Waals surface area contributed by atoms with Gasteiger partial charge in [0.05, 0.1) is 6.42 Å². The molecule has 1 fully saturated rings. The van der Waals surface area contributed by atoms with Crippen LogP contribution in [0.15, 0.2) is 48.8 Å². The molecule has 2 aliphatic heterocycles. The molecule has 1 amide bonds. The number of nitrogens with one attached hydrogen (secondary N) is 1. The predicted octanol–water partition coefficient (Wildman–Crippen LogP) is 4.81. The molecule has 1 unspecified atom stereocenters. The van der Waals surface area contributed by atoms with Crippen molar-refractivity contribution >= 4 is 28.5 Å². The molecule has 0 spiro atoms. The monoisotopic (exact) mass is 486 g/mol. The number of benzene rings is 1. The van der Waals surface area contributed by atoms with Crippen molar-refractivity contribution in [2.75, 3.05) is 25.0 Å². The van der Waals surface area contributed by atoms with Gasteiger partial charge < -0.3 is 15.3 Å². The minimum absolute atomic E-state index is 0.0861. The van der Waals surface area contributed by atoms with Gasteiger partial charge in [-0.3, -0.25) is 14.6 Å². The number of fused-ring (bicyclic) bond motifs is 2. The van der Waals surface area contributed by atoms with Crippen molar-refractivity contribution in [1.29, 1.82) is 0 Å². The smallest absolute Gasteiger partial charge is 0.303 e. The first kappa shape index (κ1) is 24.2. The normalized spacial score (nSPS) is 16.8. The van der Waals surface area contributed by atoms with E-state index in [1.54, 1.807) is 0 Å². The molecular weight excluding hydrogens is 452 g/mol. The summed E-state index contributed by atoms with van der Waals surface area (Å²) in [7, 11) is 0. The van der Waals surface area contributed by atoms with Crippen molar-refractivity contribution in [3.63, 3.8) is 0 Å². The fraction of sp³-hybridized carbons (Fsp3) is 0.448. The molecule has 2 N–H and O–H groups in total. The van der Waals surface area contributed by atoms with Crippen LogP contribution in [-0.2, 0) is 22.4 Å². The fourth-order valence-electron chi connectivity index (χ4n) is 5.72. The Morgan fingerprint density at radius 3 is 2.78 bits per heavy atom. The highest BCUT2D eigenvalue weighted by Gasteiger charge is 2.27. The molecule has 3 aromatic rings. The van der Waals surface area contributed by atoms with Gasteiger partial charge in [-0.15, -0.1) is 0 Å². The topological polar surface area (TPSA) is 95.4 Å². The summed E-state index contributed by atoms with van der Waals surface area (Å²) in [6.45, 7) is 2.42. The molecule has 7 heteroatoms. The average molecular weight is 487 g/mol. The lowest BCUT2D eigenvalue weighted by atomic mass is 9.81. The molecule has 0 bridgehead atoms. The maximum absolute atomic E-state index is 12.9. The van der Waals surface area contributed by atoms with E-state index < -0.39 is 5.97 Å². The maximum Gasteiger partial charge on any atom is 0.303 e. The van der Waals surface area contributed by atoms with Crippen molar-refractivity contribution in [3.8, 4) is 0 Å². The quantitative estimate of drug-likeness (QED) is 0.475. The molecule has 2 aliphatic rings. The van der Waals surface area contributed by atoms with Gasteiger partial charge >= 0.3 is 5.97 Å².